The van der Waals surface area contributed by atoms with E-state index < -0.39 is 17.3 Å². The lowest BCUT2D eigenvalue weighted by Crippen LogP contribution is -2.34. The molecule has 1 aliphatic heterocycles. The maximum Gasteiger partial charge on any atom is 0.416 e. The Hall–Kier alpha value is -1.14. The van der Waals surface area contributed by atoms with Crippen molar-refractivity contribution in [3.8, 4) is 0 Å². The van der Waals surface area contributed by atoms with E-state index in [0.29, 0.717) is 13.0 Å². The molecule has 0 spiro atoms. The van der Waals surface area contributed by atoms with Crippen LogP contribution in [0.3, 0.4) is 0 Å². The van der Waals surface area contributed by atoms with Gasteiger partial charge in [0, 0.05) is 30.5 Å². The van der Waals surface area contributed by atoms with Gasteiger partial charge in [-0.3, -0.25) is 4.98 Å². The maximum absolute atomic E-state index is 12.9. The van der Waals surface area contributed by atoms with Gasteiger partial charge in [0.1, 0.15) is 0 Å². The Balaban J connectivity index is 2.43. The first-order valence-electron chi connectivity index (χ1n) is 5.65. The highest BCUT2D eigenvalue weighted by Gasteiger charge is 2.43. The fourth-order valence-corrected chi connectivity index (χ4v) is 2.24. The van der Waals surface area contributed by atoms with Gasteiger partial charge < -0.3 is 9.84 Å². The van der Waals surface area contributed by atoms with Gasteiger partial charge in [-0.1, -0.05) is 0 Å². The molecule has 1 aliphatic rings. The molecule has 0 aromatic carbocycles. The van der Waals surface area contributed by atoms with Gasteiger partial charge in [-0.25, -0.2) is 0 Å². The number of hydrogen-bond donors (Lipinski definition) is 1. The molecule has 100 valence electrons. The summed E-state index contributed by atoms with van der Waals surface area (Å²) in [6.45, 7) is 2.11. The smallest absolute Gasteiger partial charge is 0.385 e. The average molecular weight is 261 g/mol. The minimum Gasteiger partial charge on any atom is -0.385 e. The fourth-order valence-electron chi connectivity index (χ4n) is 2.24. The summed E-state index contributed by atoms with van der Waals surface area (Å²) >= 11 is 0. The predicted molar refractivity (Wildman–Crippen MR) is 57.7 cm³/mol. The molecule has 1 N–H and O–H groups in total. The molecule has 2 heterocycles. The predicted octanol–water partition coefficient (Wildman–Crippen LogP) is 2.34. The van der Waals surface area contributed by atoms with Gasteiger partial charge in [0.25, 0.3) is 0 Å². The summed E-state index contributed by atoms with van der Waals surface area (Å²) in [6, 6.07) is 0.889. The second-order valence-electron chi connectivity index (χ2n) is 4.63. The standard InChI is InChI=1S/C12H14F3NO2/c1-11(17,8-3-5-18-7-8)10-6-16-4-2-9(10)12(13,14)15/h2,4,6,8,17H,3,5,7H2,1H3. The summed E-state index contributed by atoms with van der Waals surface area (Å²) in [5, 5.41) is 10.4. The molecule has 2 unspecified atom stereocenters. The number of rotatable bonds is 2. The molecule has 1 aromatic rings. The minimum absolute atomic E-state index is 0.187. The average Bonchev–Trinajstić information content (AvgIpc) is 2.82. The van der Waals surface area contributed by atoms with Crippen molar-refractivity contribution in [1.82, 2.24) is 4.98 Å². The Bertz CT molecular complexity index is 426. The second-order valence-corrected chi connectivity index (χ2v) is 4.63. The van der Waals surface area contributed by atoms with Gasteiger partial charge in [0.15, 0.2) is 0 Å². The number of aliphatic hydroxyl groups is 1. The summed E-state index contributed by atoms with van der Waals surface area (Å²) < 4.78 is 43.8. The Morgan fingerprint density at radius 3 is 2.67 bits per heavy atom. The molecule has 18 heavy (non-hydrogen) atoms. The molecule has 6 heteroatoms. The van der Waals surface area contributed by atoms with Crippen LogP contribution in [-0.4, -0.2) is 23.3 Å². The number of hydrogen-bond acceptors (Lipinski definition) is 3. The molecular weight excluding hydrogens is 247 g/mol. The van der Waals surface area contributed by atoms with E-state index in [9.17, 15) is 18.3 Å². The molecule has 0 aliphatic carbocycles. The topological polar surface area (TPSA) is 42.4 Å². The highest BCUT2D eigenvalue weighted by Crippen LogP contribution is 2.41. The molecule has 1 aromatic heterocycles. The van der Waals surface area contributed by atoms with Gasteiger partial charge in [0.2, 0.25) is 0 Å². The van der Waals surface area contributed by atoms with Crippen molar-refractivity contribution < 1.29 is 23.0 Å². The molecule has 2 atom stereocenters. The third-order valence-corrected chi connectivity index (χ3v) is 3.40. The lowest BCUT2D eigenvalue weighted by molar-refractivity contribution is -0.141. The van der Waals surface area contributed by atoms with Gasteiger partial charge in [-0.05, 0) is 19.4 Å². The number of aromatic nitrogens is 1. The number of pyridine rings is 1. The minimum atomic E-state index is -4.50. The third kappa shape index (κ3) is 2.35. The molecule has 3 nitrogen and oxygen atoms in total. The molecule has 0 saturated carbocycles. The van der Waals surface area contributed by atoms with Crippen molar-refractivity contribution >= 4 is 0 Å². The van der Waals surface area contributed by atoms with Crippen LogP contribution in [0.4, 0.5) is 13.2 Å². The van der Waals surface area contributed by atoms with Crippen LogP contribution < -0.4 is 0 Å². The molecule has 0 bridgehead atoms. The first-order chi connectivity index (χ1) is 8.33. The zero-order valence-corrected chi connectivity index (χ0v) is 9.87. The summed E-state index contributed by atoms with van der Waals surface area (Å²) in [7, 11) is 0. The van der Waals surface area contributed by atoms with Crippen LogP contribution in [0.15, 0.2) is 18.5 Å². The molecule has 1 saturated heterocycles. The van der Waals surface area contributed by atoms with Gasteiger partial charge in [-0.2, -0.15) is 13.2 Å². The van der Waals surface area contributed by atoms with E-state index in [4.69, 9.17) is 4.74 Å². The Kier molecular flexibility index (Phi) is 3.33. The number of ether oxygens (including phenoxy) is 1. The Morgan fingerprint density at radius 2 is 2.11 bits per heavy atom. The Morgan fingerprint density at radius 1 is 1.39 bits per heavy atom. The zero-order valence-electron chi connectivity index (χ0n) is 9.87. The van der Waals surface area contributed by atoms with E-state index in [1.807, 2.05) is 0 Å². The highest BCUT2D eigenvalue weighted by atomic mass is 19.4. The highest BCUT2D eigenvalue weighted by molar-refractivity contribution is 5.32. The molecule has 0 amide bonds. The number of nitrogens with zero attached hydrogens (tertiary/aromatic N) is 1. The van der Waals surface area contributed by atoms with E-state index >= 15 is 0 Å². The molecule has 0 radical (unpaired) electrons. The van der Waals surface area contributed by atoms with Crippen molar-refractivity contribution in [2.24, 2.45) is 5.92 Å². The third-order valence-electron chi connectivity index (χ3n) is 3.40. The summed E-state index contributed by atoms with van der Waals surface area (Å²) in [5.41, 5.74) is -2.61. The largest absolute Gasteiger partial charge is 0.416 e. The lowest BCUT2D eigenvalue weighted by atomic mass is 9.81. The summed E-state index contributed by atoms with van der Waals surface area (Å²) in [6.07, 6.45) is -1.80. The van der Waals surface area contributed by atoms with E-state index in [1.165, 1.54) is 6.92 Å². The molecule has 2 rings (SSSR count). The summed E-state index contributed by atoms with van der Waals surface area (Å²) in [5.74, 6) is -0.345. The van der Waals surface area contributed by atoms with Gasteiger partial charge in [-0.15, -0.1) is 0 Å². The van der Waals surface area contributed by atoms with Crippen LogP contribution in [0, 0.1) is 5.92 Å². The first kappa shape index (κ1) is 13.3. The maximum atomic E-state index is 12.9. The van der Waals surface area contributed by atoms with Gasteiger partial charge >= 0.3 is 6.18 Å². The van der Waals surface area contributed by atoms with Crippen LogP contribution in [-0.2, 0) is 16.5 Å². The van der Waals surface area contributed by atoms with Crippen LogP contribution >= 0.6 is 0 Å². The molecular formula is C12H14F3NO2. The van der Waals surface area contributed by atoms with E-state index in [1.54, 1.807) is 0 Å². The SMILES string of the molecule is CC(O)(c1cnccc1C(F)(F)F)C1CCOC1. The van der Waals surface area contributed by atoms with Crippen molar-refractivity contribution in [3.05, 3.63) is 29.6 Å². The van der Waals surface area contributed by atoms with Crippen LogP contribution in [0.5, 0.6) is 0 Å². The zero-order chi connectivity index (χ0) is 13.4. The lowest BCUT2D eigenvalue weighted by Gasteiger charge is -2.31. The van der Waals surface area contributed by atoms with Crippen LogP contribution in [0.25, 0.3) is 0 Å². The van der Waals surface area contributed by atoms with E-state index in [-0.39, 0.29) is 18.1 Å². The van der Waals surface area contributed by atoms with Crippen molar-refractivity contribution in [1.29, 1.82) is 0 Å². The fraction of sp³-hybridized carbons (Fsp3) is 0.583. The van der Waals surface area contributed by atoms with E-state index in [2.05, 4.69) is 4.98 Å². The van der Waals surface area contributed by atoms with Crippen molar-refractivity contribution in [2.45, 2.75) is 25.1 Å². The van der Waals surface area contributed by atoms with E-state index in [0.717, 1.165) is 18.5 Å². The monoisotopic (exact) mass is 261 g/mol. The summed E-state index contributed by atoms with van der Waals surface area (Å²) in [4.78, 5) is 3.70. The van der Waals surface area contributed by atoms with Gasteiger partial charge in [0.05, 0.1) is 17.8 Å². The normalized spacial score (nSPS) is 23.9. The van der Waals surface area contributed by atoms with Crippen molar-refractivity contribution in [2.75, 3.05) is 13.2 Å². The number of alkyl halides is 3. The number of halogens is 3. The van der Waals surface area contributed by atoms with Crippen molar-refractivity contribution in [3.63, 3.8) is 0 Å². The quantitative estimate of drug-likeness (QED) is 0.888. The Labute approximate surface area is 103 Å². The molecule has 1 fully saturated rings. The second kappa shape index (κ2) is 4.51. The van der Waals surface area contributed by atoms with Crippen LogP contribution in [0.2, 0.25) is 0 Å². The van der Waals surface area contributed by atoms with Crippen LogP contribution in [0.1, 0.15) is 24.5 Å². The first-order valence-corrected chi connectivity index (χ1v) is 5.65.